The van der Waals surface area contributed by atoms with E-state index in [1.165, 1.54) is 6.08 Å². The molecule has 2 heterocycles. The van der Waals surface area contributed by atoms with Gasteiger partial charge in [-0.15, -0.1) is 0 Å². The van der Waals surface area contributed by atoms with Gasteiger partial charge in [0.1, 0.15) is 23.9 Å². The second-order valence-corrected chi connectivity index (χ2v) is 7.30. The molecule has 0 aliphatic rings. The first-order valence-corrected chi connectivity index (χ1v) is 9.89. The summed E-state index contributed by atoms with van der Waals surface area (Å²) in [6.07, 6.45) is 7.08. The van der Waals surface area contributed by atoms with Crippen molar-refractivity contribution in [1.29, 1.82) is 0 Å². The predicted molar refractivity (Wildman–Crippen MR) is 116 cm³/mol. The van der Waals surface area contributed by atoms with E-state index < -0.39 is 0 Å². The van der Waals surface area contributed by atoms with Gasteiger partial charge in [-0.05, 0) is 66.7 Å². The molecule has 4 aromatic rings. The lowest BCUT2D eigenvalue weighted by Gasteiger charge is -2.04. The highest BCUT2D eigenvalue weighted by Crippen LogP contribution is 2.20. The molecule has 0 amide bonds. The molecule has 0 atom stereocenters. The van der Waals surface area contributed by atoms with Crippen molar-refractivity contribution in [2.24, 2.45) is 0 Å². The van der Waals surface area contributed by atoms with Crippen molar-refractivity contribution in [3.05, 3.63) is 113 Å². The topological polar surface area (TPSA) is 44.4 Å². The molecule has 0 fully saturated rings. The molecule has 144 valence electrons. The number of carbonyl (C=O) groups excluding carboxylic acids is 1. The number of furan rings is 1. The molecule has 0 saturated heterocycles. The third-order valence-electron chi connectivity index (χ3n) is 4.29. The lowest BCUT2D eigenvalue weighted by atomic mass is 10.1. The van der Waals surface area contributed by atoms with Crippen molar-refractivity contribution in [2.75, 3.05) is 0 Å². The number of rotatable bonds is 7. The number of halogens is 1. The van der Waals surface area contributed by atoms with Crippen molar-refractivity contribution in [3.63, 3.8) is 0 Å². The molecular formula is C24H18BrNO3. The Bertz CT molecular complexity index is 1140. The quantitative estimate of drug-likeness (QED) is 0.246. The van der Waals surface area contributed by atoms with Crippen molar-refractivity contribution >= 4 is 27.8 Å². The third kappa shape index (κ3) is 4.95. The second kappa shape index (κ2) is 8.80. The first-order valence-electron chi connectivity index (χ1n) is 9.10. The van der Waals surface area contributed by atoms with Crippen molar-refractivity contribution in [3.8, 4) is 11.4 Å². The van der Waals surface area contributed by atoms with Crippen molar-refractivity contribution in [2.45, 2.75) is 6.61 Å². The zero-order chi connectivity index (χ0) is 20.1. The lowest BCUT2D eigenvalue weighted by Crippen LogP contribution is -1.97. The van der Waals surface area contributed by atoms with Crippen molar-refractivity contribution in [1.82, 2.24) is 4.57 Å². The summed E-state index contributed by atoms with van der Waals surface area (Å²) in [5.41, 5.74) is 1.57. The largest absolute Gasteiger partial charge is 0.486 e. The standard InChI is InChI=1S/C24H18BrNO3/c25-19-6-4-8-22(16-19)28-17-23-10-9-21(29-23)11-12-24(27)18-5-3-7-20(15-18)26-13-1-2-14-26/h1-16H,17H2/b12-11+. The van der Waals surface area contributed by atoms with Gasteiger partial charge in [-0.25, -0.2) is 0 Å². The van der Waals surface area contributed by atoms with E-state index in [0.29, 0.717) is 23.7 Å². The monoisotopic (exact) mass is 447 g/mol. The fourth-order valence-corrected chi connectivity index (χ4v) is 3.23. The minimum absolute atomic E-state index is 0.0812. The molecule has 2 aromatic heterocycles. The summed E-state index contributed by atoms with van der Waals surface area (Å²) in [6, 6.07) is 22.7. The minimum Gasteiger partial charge on any atom is -0.486 e. The van der Waals surface area contributed by atoms with Crippen LogP contribution in [-0.2, 0) is 6.61 Å². The average molecular weight is 448 g/mol. The van der Waals surface area contributed by atoms with Gasteiger partial charge in [-0.3, -0.25) is 4.79 Å². The molecule has 0 spiro atoms. The molecule has 0 N–H and O–H groups in total. The van der Waals surface area contributed by atoms with Gasteiger partial charge < -0.3 is 13.7 Å². The fraction of sp³-hybridized carbons (Fsp3) is 0.0417. The Morgan fingerprint density at radius 1 is 1.00 bits per heavy atom. The molecule has 0 aliphatic carbocycles. The van der Waals surface area contributed by atoms with Gasteiger partial charge in [-0.1, -0.05) is 34.1 Å². The Labute approximate surface area is 177 Å². The maximum absolute atomic E-state index is 12.5. The van der Waals surface area contributed by atoms with Crippen LogP contribution in [0.5, 0.6) is 5.75 Å². The molecule has 0 bridgehead atoms. The van der Waals surface area contributed by atoms with Crippen LogP contribution in [0.3, 0.4) is 0 Å². The van der Waals surface area contributed by atoms with E-state index in [0.717, 1.165) is 15.9 Å². The fourth-order valence-electron chi connectivity index (χ4n) is 2.85. The zero-order valence-electron chi connectivity index (χ0n) is 15.5. The van der Waals surface area contributed by atoms with Gasteiger partial charge in [0, 0.05) is 28.1 Å². The summed E-state index contributed by atoms with van der Waals surface area (Å²) in [5, 5.41) is 0. The predicted octanol–water partition coefficient (Wildman–Crippen LogP) is 6.31. The summed E-state index contributed by atoms with van der Waals surface area (Å²) >= 11 is 3.42. The maximum atomic E-state index is 12.5. The molecule has 5 heteroatoms. The van der Waals surface area contributed by atoms with Crippen LogP contribution in [0.25, 0.3) is 11.8 Å². The highest BCUT2D eigenvalue weighted by atomic mass is 79.9. The van der Waals surface area contributed by atoms with E-state index in [2.05, 4.69) is 15.9 Å². The molecule has 4 nitrogen and oxygen atoms in total. The van der Waals surface area contributed by atoms with E-state index in [1.807, 2.05) is 83.7 Å². The van der Waals surface area contributed by atoms with Gasteiger partial charge >= 0.3 is 0 Å². The molecule has 29 heavy (non-hydrogen) atoms. The number of nitrogens with zero attached hydrogens (tertiary/aromatic N) is 1. The average Bonchev–Trinajstić information content (AvgIpc) is 3.43. The highest BCUT2D eigenvalue weighted by molar-refractivity contribution is 9.10. The highest BCUT2D eigenvalue weighted by Gasteiger charge is 2.06. The molecule has 0 radical (unpaired) electrons. The van der Waals surface area contributed by atoms with Crippen LogP contribution in [0.2, 0.25) is 0 Å². The van der Waals surface area contributed by atoms with E-state index in [-0.39, 0.29) is 5.78 Å². The Hall–Kier alpha value is -3.31. The van der Waals surface area contributed by atoms with Crippen LogP contribution >= 0.6 is 15.9 Å². The molecule has 2 aromatic carbocycles. The first kappa shape index (κ1) is 19.0. The summed E-state index contributed by atoms with van der Waals surface area (Å²) in [4.78, 5) is 12.5. The lowest BCUT2D eigenvalue weighted by molar-refractivity contribution is 0.104. The minimum atomic E-state index is -0.0812. The van der Waals surface area contributed by atoms with Crippen LogP contribution < -0.4 is 4.74 Å². The summed E-state index contributed by atoms with van der Waals surface area (Å²) < 4.78 is 14.4. The van der Waals surface area contributed by atoms with E-state index in [9.17, 15) is 4.79 Å². The number of carbonyl (C=O) groups is 1. The van der Waals surface area contributed by atoms with Gasteiger partial charge in [0.2, 0.25) is 0 Å². The maximum Gasteiger partial charge on any atom is 0.186 e. The van der Waals surface area contributed by atoms with E-state index in [4.69, 9.17) is 9.15 Å². The van der Waals surface area contributed by atoms with Gasteiger partial charge in [-0.2, -0.15) is 0 Å². The Morgan fingerprint density at radius 2 is 1.83 bits per heavy atom. The van der Waals surface area contributed by atoms with Gasteiger partial charge in [0.15, 0.2) is 5.78 Å². The molecular weight excluding hydrogens is 430 g/mol. The van der Waals surface area contributed by atoms with Gasteiger partial charge in [0.05, 0.1) is 0 Å². The third-order valence-corrected chi connectivity index (χ3v) is 4.79. The van der Waals surface area contributed by atoms with E-state index >= 15 is 0 Å². The molecule has 0 saturated carbocycles. The number of allylic oxidation sites excluding steroid dienone is 1. The molecule has 0 unspecified atom stereocenters. The van der Waals surface area contributed by atoms with Crippen LogP contribution in [0.1, 0.15) is 21.9 Å². The summed E-state index contributed by atoms with van der Waals surface area (Å²) in [7, 11) is 0. The SMILES string of the molecule is O=C(/C=C/c1ccc(COc2cccc(Br)c2)o1)c1cccc(-n2cccc2)c1. The number of ketones is 1. The van der Waals surface area contributed by atoms with Crippen LogP contribution in [-0.4, -0.2) is 10.4 Å². The normalized spacial score (nSPS) is 11.1. The Balaban J connectivity index is 1.39. The number of hydrogen-bond donors (Lipinski definition) is 0. The van der Waals surface area contributed by atoms with Crippen LogP contribution in [0.15, 0.2) is 100 Å². The summed E-state index contributed by atoms with van der Waals surface area (Å²) in [6.45, 7) is 0.317. The Morgan fingerprint density at radius 3 is 2.66 bits per heavy atom. The zero-order valence-corrected chi connectivity index (χ0v) is 17.1. The van der Waals surface area contributed by atoms with Crippen LogP contribution in [0, 0.1) is 0 Å². The van der Waals surface area contributed by atoms with E-state index in [1.54, 1.807) is 12.1 Å². The molecule has 0 aliphatic heterocycles. The number of hydrogen-bond acceptors (Lipinski definition) is 3. The van der Waals surface area contributed by atoms with Gasteiger partial charge in [0.25, 0.3) is 0 Å². The number of ether oxygens (including phenoxy) is 1. The first-order chi connectivity index (χ1) is 14.2. The smallest absolute Gasteiger partial charge is 0.186 e. The number of benzene rings is 2. The number of aromatic nitrogens is 1. The van der Waals surface area contributed by atoms with Crippen LogP contribution in [0.4, 0.5) is 0 Å². The Kier molecular flexibility index (Phi) is 5.77. The summed E-state index contributed by atoms with van der Waals surface area (Å²) in [5.74, 6) is 1.97. The molecule has 4 rings (SSSR count). The second-order valence-electron chi connectivity index (χ2n) is 6.39. The van der Waals surface area contributed by atoms with Crippen molar-refractivity contribution < 1.29 is 13.9 Å².